The van der Waals surface area contributed by atoms with Gasteiger partial charge in [0.25, 0.3) is 5.91 Å². The molecule has 2 N–H and O–H groups in total. The molecular weight excluding hydrogens is 230 g/mol. The predicted molar refractivity (Wildman–Crippen MR) is 68.3 cm³/mol. The number of hydrogen-bond acceptors (Lipinski definition) is 4. The van der Waals surface area contributed by atoms with E-state index in [-0.39, 0.29) is 5.91 Å². The van der Waals surface area contributed by atoms with Crippen molar-refractivity contribution in [2.75, 3.05) is 18.9 Å². The lowest BCUT2D eigenvalue weighted by Gasteiger charge is -2.09. The van der Waals surface area contributed by atoms with Crippen LogP contribution in [0, 0.1) is 0 Å². The Morgan fingerprint density at radius 1 is 1.44 bits per heavy atom. The summed E-state index contributed by atoms with van der Waals surface area (Å²) in [5, 5.41) is 9.85. The van der Waals surface area contributed by atoms with Crippen molar-refractivity contribution < 1.29 is 4.79 Å². The molecule has 0 aliphatic carbocycles. The molecule has 2 heterocycles. The first kappa shape index (κ1) is 12.1. The molecule has 1 amide bonds. The summed E-state index contributed by atoms with van der Waals surface area (Å²) in [5.74, 6) is -0.139. The normalized spacial score (nSPS) is 10.1. The van der Waals surface area contributed by atoms with Gasteiger partial charge < -0.3 is 10.6 Å². The fourth-order valence-corrected chi connectivity index (χ4v) is 1.61. The van der Waals surface area contributed by atoms with Gasteiger partial charge in [0.15, 0.2) is 0 Å². The molecule has 0 aliphatic rings. The lowest BCUT2D eigenvalue weighted by Crippen LogP contribution is -2.28. The highest BCUT2D eigenvalue weighted by Gasteiger charge is 2.09. The second kappa shape index (κ2) is 5.81. The van der Waals surface area contributed by atoms with E-state index < -0.39 is 0 Å². The van der Waals surface area contributed by atoms with Gasteiger partial charge in [-0.2, -0.15) is 5.10 Å². The van der Waals surface area contributed by atoms with Gasteiger partial charge in [0.05, 0.1) is 12.1 Å². The van der Waals surface area contributed by atoms with Gasteiger partial charge in [-0.05, 0) is 12.1 Å². The maximum absolute atomic E-state index is 11.9. The minimum Gasteiger partial charge on any atom is -0.387 e. The van der Waals surface area contributed by atoms with Crippen molar-refractivity contribution in [1.29, 1.82) is 0 Å². The van der Waals surface area contributed by atoms with Crippen LogP contribution in [0.15, 0.2) is 36.9 Å². The molecule has 94 valence electrons. The molecule has 0 bridgehead atoms. The Kier molecular flexibility index (Phi) is 3.90. The monoisotopic (exact) mass is 245 g/mol. The molecule has 0 atom stereocenters. The number of aromatic nitrogens is 3. The first-order valence-electron chi connectivity index (χ1n) is 5.68. The number of amides is 1. The van der Waals surface area contributed by atoms with Crippen molar-refractivity contribution in [3.8, 4) is 0 Å². The van der Waals surface area contributed by atoms with Gasteiger partial charge in [-0.25, -0.2) is 0 Å². The van der Waals surface area contributed by atoms with Gasteiger partial charge in [0.2, 0.25) is 0 Å². The molecule has 0 fully saturated rings. The molecular formula is C12H15N5O. The van der Waals surface area contributed by atoms with Crippen LogP contribution in [0.4, 0.5) is 5.69 Å². The van der Waals surface area contributed by atoms with Crippen molar-refractivity contribution in [1.82, 2.24) is 20.1 Å². The Balaban J connectivity index is 1.91. The number of hydrogen-bond donors (Lipinski definition) is 2. The molecule has 0 saturated carbocycles. The summed E-state index contributed by atoms with van der Waals surface area (Å²) in [7, 11) is 1.77. The van der Waals surface area contributed by atoms with Crippen molar-refractivity contribution in [3.63, 3.8) is 0 Å². The third kappa shape index (κ3) is 2.85. The van der Waals surface area contributed by atoms with Crippen LogP contribution in [-0.2, 0) is 6.54 Å². The zero-order valence-corrected chi connectivity index (χ0v) is 10.1. The third-order valence-corrected chi connectivity index (χ3v) is 2.52. The van der Waals surface area contributed by atoms with Gasteiger partial charge in [0, 0.05) is 44.1 Å². The standard InChI is InChI=1S/C12H15N5O/c1-13-11-3-5-14-9-10(11)12(18)15-6-8-17-7-2-4-16-17/h2-5,7,9H,6,8H2,1H3,(H,13,14)(H,15,18). The fourth-order valence-electron chi connectivity index (χ4n) is 1.61. The van der Waals surface area contributed by atoms with Crippen molar-refractivity contribution in [2.24, 2.45) is 0 Å². The molecule has 0 spiro atoms. The van der Waals surface area contributed by atoms with Crippen LogP contribution in [0.1, 0.15) is 10.4 Å². The minimum absolute atomic E-state index is 0.139. The maximum atomic E-state index is 11.9. The summed E-state index contributed by atoms with van der Waals surface area (Å²) >= 11 is 0. The third-order valence-electron chi connectivity index (χ3n) is 2.52. The molecule has 0 unspecified atom stereocenters. The zero-order valence-electron chi connectivity index (χ0n) is 10.1. The second-order valence-electron chi connectivity index (χ2n) is 3.70. The highest BCUT2D eigenvalue weighted by molar-refractivity contribution is 5.99. The van der Waals surface area contributed by atoms with Gasteiger partial charge in [-0.3, -0.25) is 14.5 Å². The lowest BCUT2D eigenvalue weighted by atomic mass is 10.2. The molecule has 0 aliphatic heterocycles. The first-order valence-corrected chi connectivity index (χ1v) is 5.68. The van der Waals surface area contributed by atoms with Crippen molar-refractivity contribution in [2.45, 2.75) is 6.54 Å². The number of pyridine rings is 1. The van der Waals surface area contributed by atoms with E-state index in [4.69, 9.17) is 0 Å². The van der Waals surface area contributed by atoms with Crippen LogP contribution in [0.3, 0.4) is 0 Å². The smallest absolute Gasteiger partial charge is 0.255 e. The largest absolute Gasteiger partial charge is 0.387 e. The molecule has 0 aromatic carbocycles. The SMILES string of the molecule is CNc1ccncc1C(=O)NCCn1cccn1. The summed E-state index contributed by atoms with van der Waals surface area (Å²) in [4.78, 5) is 15.9. The van der Waals surface area contributed by atoms with Crippen LogP contribution in [0.25, 0.3) is 0 Å². The summed E-state index contributed by atoms with van der Waals surface area (Å²) in [6.45, 7) is 1.17. The molecule has 0 saturated heterocycles. The molecule has 2 rings (SSSR count). The molecule has 0 radical (unpaired) electrons. The van der Waals surface area contributed by atoms with E-state index in [1.54, 1.807) is 36.4 Å². The Labute approximate surface area is 105 Å². The summed E-state index contributed by atoms with van der Waals surface area (Å²) in [6.07, 6.45) is 6.76. The van der Waals surface area contributed by atoms with E-state index in [0.29, 0.717) is 18.7 Å². The van der Waals surface area contributed by atoms with E-state index >= 15 is 0 Å². The van der Waals surface area contributed by atoms with Crippen LogP contribution in [0.2, 0.25) is 0 Å². The van der Waals surface area contributed by atoms with Gasteiger partial charge in [-0.15, -0.1) is 0 Å². The highest BCUT2D eigenvalue weighted by atomic mass is 16.1. The van der Waals surface area contributed by atoms with E-state index in [9.17, 15) is 4.79 Å². The highest BCUT2D eigenvalue weighted by Crippen LogP contribution is 2.11. The Morgan fingerprint density at radius 2 is 2.33 bits per heavy atom. The van der Waals surface area contributed by atoms with E-state index in [1.165, 1.54) is 0 Å². The average Bonchev–Trinajstić information content (AvgIpc) is 2.91. The quantitative estimate of drug-likeness (QED) is 0.815. The van der Waals surface area contributed by atoms with E-state index in [2.05, 4.69) is 20.7 Å². The number of carbonyl (C=O) groups excluding carboxylic acids is 1. The first-order chi connectivity index (χ1) is 8.81. The maximum Gasteiger partial charge on any atom is 0.255 e. The average molecular weight is 245 g/mol. The fraction of sp³-hybridized carbons (Fsp3) is 0.250. The minimum atomic E-state index is -0.139. The molecule has 18 heavy (non-hydrogen) atoms. The van der Waals surface area contributed by atoms with E-state index in [1.807, 2.05) is 12.3 Å². The molecule has 6 heteroatoms. The van der Waals surface area contributed by atoms with Gasteiger partial charge in [-0.1, -0.05) is 0 Å². The second-order valence-corrected chi connectivity index (χ2v) is 3.70. The zero-order chi connectivity index (χ0) is 12.8. The number of carbonyl (C=O) groups is 1. The lowest BCUT2D eigenvalue weighted by molar-refractivity contribution is 0.0952. The number of nitrogens with one attached hydrogen (secondary N) is 2. The van der Waals surface area contributed by atoms with Crippen LogP contribution in [0.5, 0.6) is 0 Å². The number of nitrogens with zero attached hydrogens (tertiary/aromatic N) is 3. The van der Waals surface area contributed by atoms with Gasteiger partial charge in [0.1, 0.15) is 0 Å². The molecule has 6 nitrogen and oxygen atoms in total. The Morgan fingerprint density at radius 3 is 3.06 bits per heavy atom. The molecule has 2 aromatic heterocycles. The summed E-state index contributed by atoms with van der Waals surface area (Å²) in [6, 6.07) is 3.62. The van der Waals surface area contributed by atoms with Crippen LogP contribution < -0.4 is 10.6 Å². The summed E-state index contributed by atoms with van der Waals surface area (Å²) in [5.41, 5.74) is 1.31. The number of anilines is 1. The van der Waals surface area contributed by atoms with Gasteiger partial charge >= 0.3 is 0 Å². The molecule has 2 aromatic rings. The number of rotatable bonds is 5. The Bertz CT molecular complexity index is 509. The van der Waals surface area contributed by atoms with Crippen LogP contribution >= 0.6 is 0 Å². The van der Waals surface area contributed by atoms with Crippen LogP contribution in [-0.4, -0.2) is 34.3 Å². The topological polar surface area (TPSA) is 71.8 Å². The van der Waals surface area contributed by atoms with Crippen molar-refractivity contribution >= 4 is 11.6 Å². The van der Waals surface area contributed by atoms with Crippen molar-refractivity contribution in [3.05, 3.63) is 42.5 Å². The van der Waals surface area contributed by atoms with E-state index in [0.717, 1.165) is 5.69 Å². The summed E-state index contributed by atoms with van der Waals surface area (Å²) < 4.78 is 1.77. The predicted octanol–water partition coefficient (Wildman–Crippen LogP) is 0.750. The Hall–Kier alpha value is -2.37.